The fourth-order valence-corrected chi connectivity index (χ4v) is 5.29. The third kappa shape index (κ3) is 5.27. The zero-order chi connectivity index (χ0) is 27.9. The number of rotatable bonds is 7. The summed E-state index contributed by atoms with van der Waals surface area (Å²) in [6.07, 6.45) is 5.62. The van der Waals surface area contributed by atoms with Crippen LogP contribution in [0, 0.1) is 17.2 Å². The van der Waals surface area contributed by atoms with Crippen LogP contribution >= 0.6 is 0 Å². The predicted molar refractivity (Wildman–Crippen MR) is 141 cm³/mol. The lowest BCUT2D eigenvalue weighted by Gasteiger charge is -2.18. The number of alkyl halides is 2. The fourth-order valence-electron chi connectivity index (χ4n) is 5.29. The van der Waals surface area contributed by atoms with Gasteiger partial charge < -0.3 is 9.84 Å². The van der Waals surface area contributed by atoms with E-state index in [0.29, 0.717) is 27.9 Å². The molecule has 1 aliphatic carbocycles. The van der Waals surface area contributed by atoms with E-state index in [9.17, 15) is 23.9 Å². The van der Waals surface area contributed by atoms with Crippen LogP contribution in [0.5, 0.6) is 5.75 Å². The first kappa shape index (κ1) is 26.5. The fraction of sp³-hybridized carbons (Fsp3) is 0.379. The van der Waals surface area contributed by atoms with Crippen molar-refractivity contribution in [3.63, 3.8) is 0 Å². The molecule has 2 aromatic heterocycles. The summed E-state index contributed by atoms with van der Waals surface area (Å²) in [5, 5.41) is 19.9. The van der Waals surface area contributed by atoms with Crippen molar-refractivity contribution >= 4 is 10.9 Å². The molecular weight excluding hydrogens is 504 g/mol. The lowest BCUT2D eigenvalue weighted by atomic mass is 9.94. The predicted octanol–water partition coefficient (Wildman–Crippen LogP) is 5.08. The number of benzene rings is 2. The Labute approximate surface area is 224 Å². The van der Waals surface area contributed by atoms with Crippen molar-refractivity contribution in [2.24, 2.45) is 13.0 Å². The normalized spacial score (nSPS) is 17.6. The van der Waals surface area contributed by atoms with Crippen LogP contribution in [0.3, 0.4) is 0 Å². The number of hydrogen-bond acceptors (Lipinski definition) is 6. The van der Waals surface area contributed by atoms with Gasteiger partial charge in [0.05, 0.1) is 23.5 Å². The number of fused-ring (bicyclic) bond motifs is 1. The van der Waals surface area contributed by atoms with Crippen LogP contribution in [0.2, 0.25) is 0 Å². The van der Waals surface area contributed by atoms with Crippen LogP contribution < -0.4 is 10.3 Å². The van der Waals surface area contributed by atoms with Gasteiger partial charge in [0.25, 0.3) is 5.56 Å². The minimum atomic E-state index is -2.99. The van der Waals surface area contributed by atoms with Crippen LogP contribution in [0.15, 0.2) is 53.6 Å². The standard InChI is InChI=1S/C29H29F2N5O3/c1-29(2,38)27-33-14-22(15-34-27)20-6-8-23-24(12-20)36(35(3)26(23)37)16-21-11-19(7-9-25(21)39-28(30)31)18-5-4-17(10-18)13-32/h6-9,11-12,14-15,17-18,28,38H,4-5,10,16H2,1-3H3/t17-,18-/m1/s1. The summed E-state index contributed by atoms with van der Waals surface area (Å²) in [7, 11) is 1.63. The number of aliphatic hydroxyl groups is 1. The smallest absolute Gasteiger partial charge is 0.387 e. The van der Waals surface area contributed by atoms with Crippen molar-refractivity contribution in [2.45, 2.75) is 57.8 Å². The van der Waals surface area contributed by atoms with E-state index >= 15 is 0 Å². The Kier molecular flexibility index (Phi) is 6.95. The Bertz CT molecular complexity index is 1610. The van der Waals surface area contributed by atoms with E-state index in [1.54, 1.807) is 62.2 Å². The second-order valence-corrected chi connectivity index (χ2v) is 10.6. The van der Waals surface area contributed by atoms with Crippen LogP contribution in [0.1, 0.15) is 56.0 Å². The highest BCUT2D eigenvalue weighted by Gasteiger charge is 2.27. The second kappa shape index (κ2) is 10.2. The van der Waals surface area contributed by atoms with Gasteiger partial charge in [-0.3, -0.25) is 14.2 Å². The molecule has 0 unspecified atom stereocenters. The van der Waals surface area contributed by atoms with Crippen molar-refractivity contribution in [3.8, 4) is 22.9 Å². The summed E-state index contributed by atoms with van der Waals surface area (Å²) < 4.78 is 34.6. The number of halogens is 2. The minimum absolute atomic E-state index is 0.00966. The van der Waals surface area contributed by atoms with Gasteiger partial charge in [-0.1, -0.05) is 12.1 Å². The summed E-state index contributed by atoms with van der Waals surface area (Å²) in [6, 6.07) is 12.9. The molecule has 1 N–H and O–H groups in total. The van der Waals surface area contributed by atoms with Gasteiger partial charge in [0.15, 0.2) is 5.82 Å². The van der Waals surface area contributed by atoms with Gasteiger partial charge in [-0.15, -0.1) is 0 Å². The monoisotopic (exact) mass is 533 g/mol. The van der Waals surface area contributed by atoms with E-state index in [1.807, 2.05) is 12.1 Å². The van der Waals surface area contributed by atoms with Crippen molar-refractivity contribution in [2.75, 3.05) is 0 Å². The van der Waals surface area contributed by atoms with Gasteiger partial charge in [0, 0.05) is 36.5 Å². The quantitative estimate of drug-likeness (QED) is 0.355. The summed E-state index contributed by atoms with van der Waals surface area (Å²) in [5.41, 5.74) is 2.17. The molecule has 2 aromatic carbocycles. The molecule has 0 radical (unpaired) electrons. The Morgan fingerprint density at radius 2 is 1.90 bits per heavy atom. The van der Waals surface area contributed by atoms with Gasteiger partial charge >= 0.3 is 6.61 Å². The van der Waals surface area contributed by atoms with E-state index in [1.165, 1.54) is 4.68 Å². The van der Waals surface area contributed by atoms with Crippen molar-refractivity contribution in [1.29, 1.82) is 5.26 Å². The maximum Gasteiger partial charge on any atom is 0.387 e. The highest BCUT2D eigenvalue weighted by Crippen LogP contribution is 2.39. The number of nitrogens with zero attached hydrogens (tertiary/aromatic N) is 5. The number of ether oxygens (including phenoxy) is 1. The SMILES string of the molecule is Cn1c(=O)c2ccc(-c3cnc(C(C)(C)O)nc3)cc2n1Cc1cc([C@@H]2CC[C@@H](C#N)C2)ccc1OC(F)F. The highest BCUT2D eigenvalue weighted by atomic mass is 19.3. The lowest BCUT2D eigenvalue weighted by molar-refractivity contribution is -0.0505. The molecule has 202 valence electrons. The molecule has 5 rings (SSSR count). The molecule has 1 aliphatic rings. The molecule has 2 heterocycles. The summed E-state index contributed by atoms with van der Waals surface area (Å²) in [4.78, 5) is 21.6. The molecule has 4 aromatic rings. The molecule has 0 aliphatic heterocycles. The maximum atomic E-state index is 13.3. The number of nitriles is 1. The average molecular weight is 534 g/mol. The van der Waals surface area contributed by atoms with Gasteiger partial charge in [-0.05, 0) is 74.4 Å². The highest BCUT2D eigenvalue weighted by molar-refractivity contribution is 5.84. The first-order valence-electron chi connectivity index (χ1n) is 12.8. The maximum absolute atomic E-state index is 13.3. The van der Waals surface area contributed by atoms with E-state index in [2.05, 4.69) is 16.0 Å². The molecule has 39 heavy (non-hydrogen) atoms. The molecule has 10 heteroatoms. The molecule has 0 saturated heterocycles. The molecule has 2 atom stereocenters. The first-order valence-corrected chi connectivity index (χ1v) is 12.8. The van der Waals surface area contributed by atoms with E-state index in [0.717, 1.165) is 30.4 Å². The lowest BCUT2D eigenvalue weighted by Crippen LogP contribution is -2.20. The van der Waals surface area contributed by atoms with Crippen molar-refractivity contribution < 1.29 is 18.6 Å². The van der Waals surface area contributed by atoms with E-state index in [-0.39, 0.29) is 29.7 Å². The summed E-state index contributed by atoms with van der Waals surface area (Å²) in [6.45, 7) is 0.336. The van der Waals surface area contributed by atoms with Gasteiger partial charge in [0.1, 0.15) is 11.4 Å². The first-order chi connectivity index (χ1) is 18.5. The molecular formula is C29H29F2N5O3. The zero-order valence-corrected chi connectivity index (χ0v) is 21.9. The largest absolute Gasteiger partial charge is 0.434 e. The molecule has 1 fully saturated rings. The minimum Gasteiger partial charge on any atom is -0.434 e. The summed E-state index contributed by atoms with van der Waals surface area (Å²) in [5.74, 6) is 0.491. The topological polar surface area (TPSA) is 106 Å². The molecule has 1 saturated carbocycles. The van der Waals surface area contributed by atoms with Gasteiger partial charge in [-0.25, -0.2) is 9.97 Å². The van der Waals surface area contributed by atoms with Crippen molar-refractivity contribution in [1.82, 2.24) is 19.3 Å². The van der Waals surface area contributed by atoms with Crippen molar-refractivity contribution in [3.05, 3.63) is 76.1 Å². The van der Waals surface area contributed by atoms with E-state index in [4.69, 9.17) is 4.74 Å². The zero-order valence-electron chi connectivity index (χ0n) is 21.9. The molecule has 0 amide bonds. The average Bonchev–Trinajstić information content (AvgIpc) is 3.48. The van der Waals surface area contributed by atoms with E-state index < -0.39 is 12.2 Å². The van der Waals surface area contributed by atoms with Crippen LogP contribution in [0.25, 0.3) is 22.0 Å². The molecule has 0 spiro atoms. The third-order valence-corrected chi connectivity index (χ3v) is 7.40. The molecule has 8 nitrogen and oxygen atoms in total. The Morgan fingerprint density at radius 3 is 2.54 bits per heavy atom. The number of aromatic nitrogens is 4. The second-order valence-electron chi connectivity index (χ2n) is 10.6. The van der Waals surface area contributed by atoms with Crippen LogP contribution in [-0.2, 0) is 19.2 Å². The summed E-state index contributed by atoms with van der Waals surface area (Å²) >= 11 is 0. The Balaban J connectivity index is 1.56. The third-order valence-electron chi connectivity index (χ3n) is 7.40. The molecule has 0 bridgehead atoms. The van der Waals surface area contributed by atoms with Gasteiger partial charge in [-0.2, -0.15) is 14.0 Å². The number of hydrogen-bond donors (Lipinski definition) is 1. The van der Waals surface area contributed by atoms with Crippen LogP contribution in [0.4, 0.5) is 8.78 Å². The van der Waals surface area contributed by atoms with Crippen LogP contribution in [-0.4, -0.2) is 31.0 Å². The Hall–Kier alpha value is -4.10. The Morgan fingerprint density at radius 1 is 1.15 bits per heavy atom. The van der Waals surface area contributed by atoms with Gasteiger partial charge in [0.2, 0.25) is 0 Å².